The Balaban J connectivity index is 1.46. The summed E-state index contributed by atoms with van der Waals surface area (Å²) in [5, 5.41) is 2.99. The summed E-state index contributed by atoms with van der Waals surface area (Å²) in [6, 6.07) is 8.43. The zero-order valence-corrected chi connectivity index (χ0v) is 16.5. The number of hydrogen-bond acceptors (Lipinski definition) is 5. The molecular formula is C19H29N3O4S. The van der Waals surface area contributed by atoms with E-state index in [4.69, 9.17) is 4.74 Å². The van der Waals surface area contributed by atoms with Crippen LogP contribution in [0, 0.1) is 5.92 Å². The first kappa shape index (κ1) is 20.3. The van der Waals surface area contributed by atoms with Crippen molar-refractivity contribution in [3.63, 3.8) is 0 Å². The predicted molar refractivity (Wildman–Crippen MR) is 103 cm³/mol. The quantitative estimate of drug-likeness (QED) is 0.695. The lowest BCUT2D eigenvalue weighted by molar-refractivity contribution is -0.126. The Hall–Kier alpha value is -1.48. The summed E-state index contributed by atoms with van der Waals surface area (Å²) >= 11 is 0. The molecule has 2 aliphatic heterocycles. The first-order valence-electron chi connectivity index (χ1n) is 9.70. The maximum Gasteiger partial charge on any atom is 0.243 e. The third kappa shape index (κ3) is 5.51. The molecule has 150 valence electrons. The zero-order valence-electron chi connectivity index (χ0n) is 15.7. The number of carbonyl (C=O) groups is 1. The molecule has 1 aromatic carbocycles. The highest BCUT2D eigenvalue weighted by Crippen LogP contribution is 2.23. The standard InChI is InChI=1S/C19H29N3O4S/c23-19(20-9-5-10-21-12-14-26-15-13-21)17-6-4-11-22(16-17)27(24,25)18-7-2-1-3-8-18/h1-3,7-8,17H,4-6,9-16H2,(H,20,23)/t17-/m1/s1. The average molecular weight is 396 g/mol. The molecule has 0 bridgehead atoms. The van der Waals surface area contributed by atoms with Gasteiger partial charge in [0.1, 0.15) is 0 Å². The molecule has 1 N–H and O–H groups in total. The van der Waals surface area contributed by atoms with E-state index in [9.17, 15) is 13.2 Å². The van der Waals surface area contributed by atoms with Gasteiger partial charge in [-0.1, -0.05) is 18.2 Å². The first-order valence-corrected chi connectivity index (χ1v) is 11.1. The molecule has 0 spiro atoms. The zero-order chi connectivity index (χ0) is 19.1. The molecule has 0 aromatic heterocycles. The van der Waals surface area contributed by atoms with Crippen LogP contribution in [0.2, 0.25) is 0 Å². The average Bonchev–Trinajstić information content (AvgIpc) is 2.72. The Morgan fingerprint density at radius 2 is 1.89 bits per heavy atom. The molecule has 3 rings (SSSR count). The van der Waals surface area contributed by atoms with Gasteiger partial charge in [0.15, 0.2) is 0 Å². The van der Waals surface area contributed by atoms with Crippen LogP contribution in [0.15, 0.2) is 35.2 Å². The topological polar surface area (TPSA) is 79.0 Å². The van der Waals surface area contributed by atoms with Gasteiger partial charge in [-0.25, -0.2) is 8.42 Å². The fourth-order valence-corrected chi connectivity index (χ4v) is 5.14. The summed E-state index contributed by atoms with van der Waals surface area (Å²) in [6.45, 7) is 5.75. The van der Waals surface area contributed by atoms with Crippen molar-refractivity contribution in [1.82, 2.24) is 14.5 Å². The number of hydrogen-bond donors (Lipinski definition) is 1. The van der Waals surface area contributed by atoms with Crippen LogP contribution in [-0.4, -0.2) is 76.0 Å². The molecule has 0 saturated carbocycles. The highest BCUT2D eigenvalue weighted by atomic mass is 32.2. The van der Waals surface area contributed by atoms with Crippen LogP contribution in [0.3, 0.4) is 0 Å². The summed E-state index contributed by atoms with van der Waals surface area (Å²) < 4.78 is 32.3. The van der Waals surface area contributed by atoms with E-state index in [-0.39, 0.29) is 23.3 Å². The number of benzene rings is 1. The van der Waals surface area contributed by atoms with Crippen LogP contribution < -0.4 is 5.32 Å². The fraction of sp³-hybridized carbons (Fsp3) is 0.632. The second kappa shape index (κ2) is 9.64. The van der Waals surface area contributed by atoms with Gasteiger partial charge in [-0.05, 0) is 37.9 Å². The van der Waals surface area contributed by atoms with Gasteiger partial charge in [0, 0.05) is 32.7 Å². The van der Waals surface area contributed by atoms with Crippen LogP contribution in [-0.2, 0) is 19.6 Å². The molecule has 1 atom stereocenters. The fourth-order valence-electron chi connectivity index (χ4n) is 3.60. The minimum absolute atomic E-state index is 0.0371. The lowest BCUT2D eigenvalue weighted by Gasteiger charge is -2.31. The van der Waals surface area contributed by atoms with Crippen molar-refractivity contribution in [1.29, 1.82) is 0 Å². The van der Waals surface area contributed by atoms with E-state index in [2.05, 4.69) is 10.2 Å². The Labute approximate surface area is 161 Å². The summed E-state index contributed by atoms with van der Waals surface area (Å²) in [7, 11) is -3.53. The first-order chi connectivity index (χ1) is 13.1. The highest BCUT2D eigenvalue weighted by Gasteiger charge is 2.33. The largest absolute Gasteiger partial charge is 0.379 e. The monoisotopic (exact) mass is 395 g/mol. The van der Waals surface area contributed by atoms with Crippen LogP contribution >= 0.6 is 0 Å². The van der Waals surface area contributed by atoms with E-state index >= 15 is 0 Å². The lowest BCUT2D eigenvalue weighted by atomic mass is 9.99. The Bertz CT molecular complexity index is 705. The van der Waals surface area contributed by atoms with Gasteiger partial charge in [0.05, 0.1) is 24.0 Å². The number of ether oxygens (including phenoxy) is 1. The van der Waals surface area contributed by atoms with Crippen molar-refractivity contribution in [3.8, 4) is 0 Å². The molecular weight excluding hydrogens is 366 g/mol. The third-order valence-corrected chi connectivity index (χ3v) is 7.07. The van der Waals surface area contributed by atoms with Crippen LogP contribution in [0.4, 0.5) is 0 Å². The molecule has 2 aliphatic rings. The predicted octanol–water partition coefficient (Wildman–Crippen LogP) is 0.926. The molecule has 0 aliphatic carbocycles. The molecule has 27 heavy (non-hydrogen) atoms. The molecule has 2 saturated heterocycles. The van der Waals surface area contributed by atoms with Crippen molar-refractivity contribution < 1.29 is 17.9 Å². The summed E-state index contributed by atoms with van der Waals surface area (Å²) in [4.78, 5) is 15.1. The number of rotatable bonds is 7. The van der Waals surface area contributed by atoms with Crippen LogP contribution in [0.5, 0.6) is 0 Å². The normalized spacial score (nSPS) is 22.4. The Morgan fingerprint density at radius 3 is 2.63 bits per heavy atom. The summed E-state index contributed by atoms with van der Waals surface area (Å²) in [5.74, 6) is -0.314. The number of morpholine rings is 1. The van der Waals surface area contributed by atoms with E-state index in [0.717, 1.165) is 45.7 Å². The van der Waals surface area contributed by atoms with Gasteiger partial charge in [-0.15, -0.1) is 0 Å². The van der Waals surface area contributed by atoms with Crippen molar-refractivity contribution in [3.05, 3.63) is 30.3 Å². The minimum Gasteiger partial charge on any atom is -0.379 e. The number of nitrogens with one attached hydrogen (secondary N) is 1. The van der Waals surface area contributed by atoms with E-state index in [0.29, 0.717) is 19.5 Å². The van der Waals surface area contributed by atoms with Crippen molar-refractivity contribution in [2.24, 2.45) is 5.92 Å². The van der Waals surface area contributed by atoms with Crippen LogP contribution in [0.1, 0.15) is 19.3 Å². The second-order valence-electron chi connectivity index (χ2n) is 7.11. The Morgan fingerprint density at radius 1 is 1.15 bits per heavy atom. The van der Waals surface area contributed by atoms with E-state index < -0.39 is 10.0 Å². The summed E-state index contributed by atoms with van der Waals surface area (Å²) in [6.07, 6.45) is 2.33. The molecule has 1 amide bonds. The van der Waals surface area contributed by atoms with Gasteiger partial charge < -0.3 is 10.1 Å². The molecule has 7 nitrogen and oxygen atoms in total. The van der Waals surface area contributed by atoms with Crippen LogP contribution in [0.25, 0.3) is 0 Å². The molecule has 0 radical (unpaired) electrons. The summed E-state index contributed by atoms with van der Waals surface area (Å²) in [5.41, 5.74) is 0. The number of piperidine rings is 1. The third-order valence-electron chi connectivity index (χ3n) is 5.19. The number of nitrogens with zero attached hydrogens (tertiary/aromatic N) is 2. The molecule has 2 heterocycles. The van der Waals surface area contributed by atoms with Gasteiger partial charge in [0.25, 0.3) is 0 Å². The van der Waals surface area contributed by atoms with Gasteiger partial charge in [0.2, 0.25) is 15.9 Å². The van der Waals surface area contributed by atoms with Gasteiger partial charge in [-0.2, -0.15) is 4.31 Å². The van der Waals surface area contributed by atoms with Crippen molar-refractivity contribution in [2.75, 3.05) is 52.5 Å². The molecule has 0 unspecified atom stereocenters. The number of sulfonamides is 1. The molecule has 1 aromatic rings. The maximum absolute atomic E-state index is 12.8. The number of amides is 1. The van der Waals surface area contributed by atoms with Gasteiger partial charge in [-0.3, -0.25) is 9.69 Å². The number of carbonyl (C=O) groups excluding carboxylic acids is 1. The van der Waals surface area contributed by atoms with Crippen molar-refractivity contribution >= 4 is 15.9 Å². The minimum atomic E-state index is -3.53. The molecule has 2 fully saturated rings. The van der Waals surface area contributed by atoms with E-state index in [1.54, 1.807) is 30.3 Å². The molecule has 8 heteroatoms. The smallest absolute Gasteiger partial charge is 0.243 e. The Kier molecular flexibility index (Phi) is 7.23. The highest BCUT2D eigenvalue weighted by molar-refractivity contribution is 7.89. The van der Waals surface area contributed by atoms with E-state index in [1.165, 1.54) is 4.31 Å². The van der Waals surface area contributed by atoms with Gasteiger partial charge >= 0.3 is 0 Å². The maximum atomic E-state index is 12.8. The van der Waals surface area contributed by atoms with E-state index in [1.807, 2.05) is 0 Å². The SMILES string of the molecule is O=C(NCCCN1CCOCC1)[C@@H]1CCCN(S(=O)(=O)c2ccccc2)C1. The second-order valence-corrected chi connectivity index (χ2v) is 9.05. The lowest BCUT2D eigenvalue weighted by Crippen LogP contribution is -2.45. The van der Waals surface area contributed by atoms with Crippen molar-refractivity contribution in [2.45, 2.75) is 24.2 Å².